The summed E-state index contributed by atoms with van der Waals surface area (Å²) in [6.07, 6.45) is 0. The molecule has 1 N–H and O–H groups in total. The number of carbonyl (C=O) groups excluding carboxylic acids is 1. The molecule has 1 amide bonds. The van der Waals surface area contributed by atoms with Gasteiger partial charge >= 0.3 is 0 Å². The van der Waals surface area contributed by atoms with E-state index in [0.717, 1.165) is 11.3 Å². The highest BCUT2D eigenvalue weighted by atomic mass is 32.1. The first-order valence-electron chi connectivity index (χ1n) is 5.41. The molecule has 0 saturated heterocycles. The summed E-state index contributed by atoms with van der Waals surface area (Å²) >= 11 is 1.31. The number of hydrogen-bond acceptors (Lipinski definition) is 3. The second-order valence-electron chi connectivity index (χ2n) is 3.98. The maximum Gasteiger partial charge on any atom is 0.254 e. The second kappa shape index (κ2) is 5.10. The Morgan fingerprint density at radius 1 is 1.29 bits per heavy atom. The molecule has 1 aromatic carbocycles. The molecular weight excluding hydrogens is 232 g/mol. The van der Waals surface area contributed by atoms with Crippen LogP contribution < -0.4 is 5.32 Å². The molecule has 0 spiro atoms. The molecule has 2 rings (SSSR count). The zero-order valence-corrected chi connectivity index (χ0v) is 10.7. The quantitative estimate of drug-likeness (QED) is 0.904. The molecule has 0 unspecified atom stereocenters. The Balaban J connectivity index is 1.97. The first kappa shape index (κ1) is 11.8. The van der Waals surface area contributed by atoms with Crippen LogP contribution in [0.4, 0.5) is 0 Å². The maximum absolute atomic E-state index is 11.8. The molecule has 0 radical (unpaired) electrons. The number of carbonyl (C=O) groups is 1. The molecule has 0 aliphatic rings. The van der Waals surface area contributed by atoms with Gasteiger partial charge in [-0.2, -0.15) is 4.37 Å². The van der Waals surface area contributed by atoms with E-state index in [2.05, 4.69) is 9.69 Å². The smallest absolute Gasteiger partial charge is 0.254 e. The van der Waals surface area contributed by atoms with E-state index in [4.69, 9.17) is 0 Å². The number of amides is 1. The SMILES string of the molecule is Cc1ccc(CNC(=O)c2csnc2C)cc1. The first-order chi connectivity index (χ1) is 8.16. The number of nitrogens with one attached hydrogen (secondary N) is 1. The minimum absolute atomic E-state index is 0.0585. The summed E-state index contributed by atoms with van der Waals surface area (Å²) in [5.41, 5.74) is 3.78. The van der Waals surface area contributed by atoms with Crippen LogP contribution in [0.5, 0.6) is 0 Å². The van der Waals surface area contributed by atoms with Gasteiger partial charge in [0, 0.05) is 11.9 Å². The van der Waals surface area contributed by atoms with E-state index in [1.54, 1.807) is 5.38 Å². The van der Waals surface area contributed by atoms with Gasteiger partial charge in [-0.05, 0) is 30.9 Å². The Kier molecular flexibility index (Phi) is 3.54. The minimum atomic E-state index is -0.0585. The molecule has 17 heavy (non-hydrogen) atoms. The van der Waals surface area contributed by atoms with Crippen LogP contribution in [-0.2, 0) is 6.54 Å². The fraction of sp³-hybridized carbons (Fsp3) is 0.231. The molecule has 0 bridgehead atoms. The standard InChI is InChI=1S/C13H14N2OS/c1-9-3-5-11(6-4-9)7-14-13(16)12-8-17-15-10(12)2/h3-6,8H,7H2,1-2H3,(H,14,16). The molecule has 1 heterocycles. The average molecular weight is 246 g/mol. The van der Waals surface area contributed by atoms with Crippen LogP contribution in [0.25, 0.3) is 0 Å². The van der Waals surface area contributed by atoms with Crippen LogP contribution in [0.1, 0.15) is 27.2 Å². The highest BCUT2D eigenvalue weighted by Crippen LogP contribution is 2.09. The van der Waals surface area contributed by atoms with Crippen molar-refractivity contribution in [2.24, 2.45) is 0 Å². The Hall–Kier alpha value is -1.68. The Morgan fingerprint density at radius 3 is 2.59 bits per heavy atom. The lowest BCUT2D eigenvalue weighted by atomic mass is 10.1. The van der Waals surface area contributed by atoms with Crippen LogP contribution in [0.15, 0.2) is 29.6 Å². The van der Waals surface area contributed by atoms with E-state index in [9.17, 15) is 4.79 Å². The molecular formula is C13H14N2OS. The van der Waals surface area contributed by atoms with Crippen molar-refractivity contribution < 1.29 is 4.79 Å². The number of nitrogens with zero attached hydrogens (tertiary/aromatic N) is 1. The predicted octanol–water partition coefficient (Wildman–Crippen LogP) is 2.69. The Labute approximate surface area is 105 Å². The van der Waals surface area contributed by atoms with Gasteiger partial charge in [0.1, 0.15) is 0 Å². The lowest BCUT2D eigenvalue weighted by Crippen LogP contribution is -2.23. The van der Waals surface area contributed by atoms with E-state index < -0.39 is 0 Å². The highest BCUT2D eigenvalue weighted by molar-refractivity contribution is 7.03. The van der Waals surface area contributed by atoms with Gasteiger partial charge in [-0.1, -0.05) is 29.8 Å². The van der Waals surface area contributed by atoms with Crippen molar-refractivity contribution in [2.45, 2.75) is 20.4 Å². The molecule has 88 valence electrons. The molecule has 0 saturated carbocycles. The topological polar surface area (TPSA) is 42.0 Å². The zero-order valence-electron chi connectivity index (χ0n) is 9.86. The van der Waals surface area contributed by atoms with Crippen molar-refractivity contribution in [3.8, 4) is 0 Å². The summed E-state index contributed by atoms with van der Waals surface area (Å²) in [5, 5.41) is 4.67. The summed E-state index contributed by atoms with van der Waals surface area (Å²) in [6.45, 7) is 4.44. The summed E-state index contributed by atoms with van der Waals surface area (Å²) in [4.78, 5) is 11.8. The van der Waals surface area contributed by atoms with Crippen molar-refractivity contribution in [3.05, 3.63) is 52.0 Å². The van der Waals surface area contributed by atoms with Crippen molar-refractivity contribution in [1.29, 1.82) is 0 Å². The van der Waals surface area contributed by atoms with Gasteiger partial charge in [-0.25, -0.2) is 0 Å². The zero-order chi connectivity index (χ0) is 12.3. The van der Waals surface area contributed by atoms with Gasteiger partial charge in [0.05, 0.1) is 11.3 Å². The third kappa shape index (κ3) is 2.91. The number of benzene rings is 1. The van der Waals surface area contributed by atoms with Crippen LogP contribution in [-0.4, -0.2) is 10.3 Å². The second-order valence-corrected chi connectivity index (χ2v) is 4.61. The van der Waals surface area contributed by atoms with Gasteiger partial charge in [0.2, 0.25) is 0 Å². The lowest BCUT2D eigenvalue weighted by molar-refractivity contribution is 0.0950. The normalized spacial score (nSPS) is 10.2. The molecule has 0 atom stereocenters. The lowest BCUT2D eigenvalue weighted by Gasteiger charge is -2.04. The molecule has 0 aliphatic carbocycles. The van der Waals surface area contributed by atoms with E-state index >= 15 is 0 Å². The van der Waals surface area contributed by atoms with Crippen molar-refractivity contribution in [2.75, 3.05) is 0 Å². The van der Waals surface area contributed by atoms with Crippen molar-refractivity contribution in [1.82, 2.24) is 9.69 Å². The molecule has 4 heteroatoms. The van der Waals surface area contributed by atoms with Crippen molar-refractivity contribution >= 4 is 17.4 Å². The third-order valence-corrected chi connectivity index (χ3v) is 3.29. The molecule has 2 aromatic rings. The first-order valence-corrected chi connectivity index (χ1v) is 6.25. The summed E-state index contributed by atoms with van der Waals surface area (Å²) in [7, 11) is 0. The number of aryl methyl sites for hydroxylation is 2. The average Bonchev–Trinajstić information content (AvgIpc) is 2.74. The molecule has 0 aliphatic heterocycles. The molecule has 3 nitrogen and oxygen atoms in total. The molecule has 1 aromatic heterocycles. The third-order valence-electron chi connectivity index (χ3n) is 2.57. The highest BCUT2D eigenvalue weighted by Gasteiger charge is 2.10. The van der Waals surface area contributed by atoms with Gasteiger partial charge in [0.25, 0.3) is 5.91 Å². The number of aromatic nitrogens is 1. The summed E-state index contributed by atoms with van der Waals surface area (Å²) in [6, 6.07) is 8.13. The molecule has 0 fully saturated rings. The van der Waals surface area contributed by atoms with Crippen LogP contribution in [0.2, 0.25) is 0 Å². The van der Waals surface area contributed by atoms with E-state index in [1.807, 2.05) is 38.1 Å². The number of hydrogen-bond donors (Lipinski definition) is 1. The number of rotatable bonds is 3. The monoisotopic (exact) mass is 246 g/mol. The Bertz CT molecular complexity index is 516. The van der Waals surface area contributed by atoms with E-state index in [0.29, 0.717) is 12.1 Å². The van der Waals surface area contributed by atoms with E-state index in [-0.39, 0.29) is 5.91 Å². The largest absolute Gasteiger partial charge is 0.348 e. The van der Waals surface area contributed by atoms with Crippen LogP contribution in [0, 0.1) is 13.8 Å². The van der Waals surface area contributed by atoms with Crippen molar-refractivity contribution in [3.63, 3.8) is 0 Å². The van der Waals surface area contributed by atoms with Crippen LogP contribution >= 0.6 is 11.5 Å². The predicted molar refractivity (Wildman–Crippen MR) is 69.2 cm³/mol. The Morgan fingerprint density at radius 2 is 2.00 bits per heavy atom. The summed E-state index contributed by atoms with van der Waals surface area (Å²) < 4.78 is 4.09. The van der Waals surface area contributed by atoms with Gasteiger partial charge in [-0.15, -0.1) is 0 Å². The van der Waals surface area contributed by atoms with Gasteiger partial charge in [0.15, 0.2) is 0 Å². The maximum atomic E-state index is 11.8. The van der Waals surface area contributed by atoms with Crippen LogP contribution in [0.3, 0.4) is 0 Å². The summed E-state index contributed by atoms with van der Waals surface area (Å²) in [5.74, 6) is -0.0585. The van der Waals surface area contributed by atoms with Gasteiger partial charge < -0.3 is 5.32 Å². The fourth-order valence-electron chi connectivity index (χ4n) is 1.49. The minimum Gasteiger partial charge on any atom is -0.348 e. The van der Waals surface area contributed by atoms with E-state index in [1.165, 1.54) is 17.1 Å². The van der Waals surface area contributed by atoms with Gasteiger partial charge in [-0.3, -0.25) is 4.79 Å². The fourth-order valence-corrected chi connectivity index (χ4v) is 2.19.